The summed E-state index contributed by atoms with van der Waals surface area (Å²) in [5, 5.41) is 7.67. The first-order valence-corrected chi connectivity index (χ1v) is 10.4. The van der Waals surface area contributed by atoms with Crippen LogP contribution in [-0.2, 0) is 0 Å². The van der Waals surface area contributed by atoms with Crippen LogP contribution in [0.2, 0.25) is 0 Å². The van der Waals surface area contributed by atoms with Crippen molar-refractivity contribution in [3.05, 3.63) is 121 Å². The molecule has 0 amide bonds. The summed E-state index contributed by atoms with van der Waals surface area (Å²) >= 11 is 0. The molecular weight excluding hydrogens is 360 g/mol. The first kappa shape index (κ1) is 17.0. The standard InChI is InChI=1S/C30H20/c1-2-8-23-18-24(13-12-21(23)6-1)25-14-15-27-20-28(17-16-26(27)19-25)30-11-5-9-22-7-3-4-10-29(22)30/h1-20H. The average molecular weight is 380 g/mol. The zero-order chi connectivity index (χ0) is 19.9. The topological polar surface area (TPSA) is 0 Å². The van der Waals surface area contributed by atoms with Crippen molar-refractivity contribution in [2.75, 3.05) is 0 Å². The van der Waals surface area contributed by atoms with Gasteiger partial charge >= 0.3 is 0 Å². The van der Waals surface area contributed by atoms with Gasteiger partial charge in [0, 0.05) is 0 Å². The maximum atomic E-state index is 2.31. The fraction of sp³-hybridized carbons (Fsp3) is 0. The van der Waals surface area contributed by atoms with E-state index in [0.29, 0.717) is 0 Å². The predicted molar refractivity (Wildman–Crippen MR) is 130 cm³/mol. The fourth-order valence-electron chi connectivity index (χ4n) is 4.44. The molecule has 0 nitrogen and oxygen atoms in total. The summed E-state index contributed by atoms with van der Waals surface area (Å²) < 4.78 is 0. The molecule has 0 radical (unpaired) electrons. The Labute approximate surface area is 176 Å². The van der Waals surface area contributed by atoms with E-state index in [1.807, 2.05) is 0 Å². The van der Waals surface area contributed by atoms with Gasteiger partial charge in [-0.25, -0.2) is 0 Å². The van der Waals surface area contributed by atoms with Gasteiger partial charge in [-0.1, -0.05) is 103 Å². The van der Waals surface area contributed by atoms with Crippen LogP contribution in [0.15, 0.2) is 121 Å². The highest BCUT2D eigenvalue weighted by atomic mass is 14.1. The molecule has 0 aliphatic heterocycles. The van der Waals surface area contributed by atoms with Crippen molar-refractivity contribution in [1.29, 1.82) is 0 Å². The maximum absolute atomic E-state index is 2.31. The number of benzene rings is 6. The smallest absolute Gasteiger partial charge is 0.0105 e. The van der Waals surface area contributed by atoms with Gasteiger partial charge in [-0.05, 0) is 72.8 Å². The van der Waals surface area contributed by atoms with E-state index in [-0.39, 0.29) is 0 Å². The first-order valence-electron chi connectivity index (χ1n) is 10.4. The molecule has 0 heteroatoms. The maximum Gasteiger partial charge on any atom is -0.0105 e. The van der Waals surface area contributed by atoms with Crippen LogP contribution in [0.3, 0.4) is 0 Å². The van der Waals surface area contributed by atoms with Gasteiger partial charge in [0.05, 0.1) is 0 Å². The van der Waals surface area contributed by atoms with Gasteiger partial charge in [0.1, 0.15) is 0 Å². The van der Waals surface area contributed by atoms with Crippen molar-refractivity contribution in [2.24, 2.45) is 0 Å². The SMILES string of the molecule is c1ccc2cc(-c3ccc4cc(-c5cccc6ccccc56)ccc4c3)ccc2c1. The van der Waals surface area contributed by atoms with Crippen LogP contribution in [-0.4, -0.2) is 0 Å². The molecule has 0 aliphatic rings. The molecular formula is C30H20. The molecule has 0 aromatic heterocycles. The minimum absolute atomic E-state index is 1.26. The van der Waals surface area contributed by atoms with Crippen LogP contribution in [0.25, 0.3) is 54.6 Å². The molecule has 0 fully saturated rings. The molecule has 140 valence electrons. The van der Waals surface area contributed by atoms with Gasteiger partial charge < -0.3 is 0 Å². The van der Waals surface area contributed by atoms with Gasteiger partial charge in [0.15, 0.2) is 0 Å². The van der Waals surface area contributed by atoms with Gasteiger partial charge in [-0.15, -0.1) is 0 Å². The van der Waals surface area contributed by atoms with E-state index in [1.165, 1.54) is 54.6 Å². The summed E-state index contributed by atoms with van der Waals surface area (Å²) in [5.41, 5.74) is 5.06. The van der Waals surface area contributed by atoms with Gasteiger partial charge in [-0.3, -0.25) is 0 Å². The molecule has 6 aromatic carbocycles. The lowest BCUT2D eigenvalue weighted by Gasteiger charge is -2.10. The lowest BCUT2D eigenvalue weighted by molar-refractivity contribution is 1.66. The Morgan fingerprint density at radius 2 is 0.800 bits per heavy atom. The van der Waals surface area contributed by atoms with Crippen molar-refractivity contribution in [3.8, 4) is 22.3 Å². The summed E-state index contributed by atoms with van der Waals surface area (Å²) in [6.45, 7) is 0. The Morgan fingerprint density at radius 3 is 1.57 bits per heavy atom. The molecule has 0 spiro atoms. The zero-order valence-corrected chi connectivity index (χ0v) is 16.5. The van der Waals surface area contributed by atoms with Crippen LogP contribution < -0.4 is 0 Å². The number of rotatable bonds is 2. The largest absolute Gasteiger partial charge is 0.0616 e. The Bertz CT molecular complexity index is 1530. The first-order chi connectivity index (χ1) is 14.8. The summed E-state index contributed by atoms with van der Waals surface area (Å²) in [6.07, 6.45) is 0. The average Bonchev–Trinajstić information content (AvgIpc) is 2.82. The van der Waals surface area contributed by atoms with E-state index in [4.69, 9.17) is 0 Å². The Balaban J connectivity index is 1.45. The third-order valence-electron chi connectivity index (χ3n) is 6.02. The second kappa shape index (κ2) is 6.86. The van der Waals surface area contributed by atoms with E-state index >= 15 is 0 Å². The van der Waals surface area contributed by atoms with Crippen LogP contribution in [0, 0.1) is 0 Å². The van der Waals surface area contributed by atoms with Crippen molar-refractivity contribution in [1.82, 2.24) is 0 Å². The quantitative estimate of drug-likeness (QED) is 0.282. The van der Waals surface area contributed by atoms with Crippen molar-refractivity contribution >= 4 is 32.3 Å². The van der Waals surface area contributed by atoms with Crippen molar-refractivity contribution in [2.45, 2.75) is 0 Å². The van der Waals surface area contributed by atoms with Crippen LogP contribution in [0.5, 0.6) is 0 Å². The molecule has 0 atom stereocenters. The van der Waals surface area contributed by atoms with Gasteiger partial charge in [0.2, 0.25) is 0 Å². The monoisotopic (exact) mass is 380 g/mol. The van der Waals surface area contributed by atoms with Crippen LogP contribution in [0.4, 0.5) is 0 Å². The summed E-state index contributed by atoms with van der Waals surface area (Å²) in [5.74, 6) is 0. The lowest BCUT2D eigenvalue weighted by atomic mass is 9.94. The third-order valence-corrected chi connectivity index (χ3v) is 6.02. The zero-order valence-electron chi connectivity index (χ0n) is 16.5. The Hall–Kier alpha value is -3.90. The molecule has 0 unspecified atom stereocenters. The number of fused-ring (bicyclic) bond motifs is 3. The molecule has 0 saturated carbocycles. The molecule has 0 aliphatic carbocycles. The van der Waals surface area contributed by atoms with E-state index in [9.17, 15) is 0 Å². The van der Waals surface area contributed by atoms with Crippen LogP contribution in [0.1, 0.15) is 0 Å². The number of hydrogen-bond donors (Lipinski definition) is 0. The summed E-state index contributed by atoms with van der Waals surface area (Å²) in [7, 11) is 0. The predicted octanol–water partition coefficient (Wildman–Crippen LogP) is 8.48. The van der Waals surface area contributed by atoms with Crippen LogP contribution >= 0.6 is 0 Å². The summed E-state index contributed by atoms with van der Waals surface area (Å²) in [6, 6.07) is 43.9. The third kappa shape index (κ3) is 2.86. The lowest BCUT2D eigenvalue weighted by Crippen LogP contribution is -1.84. The van der Waals surface area contributed by atoms with E-state index < -0.39 is 0 Å². The fourth-order valence-corrected chi connectivity index (χ4v) is 4.44. The molecule has 0 heterocycles. The molecule has 6 aromatic rings. The molecule has 6 rings (SSSR count). The molecule has 0 saturated heterocycles. The summed E-state index contributed by atoms with van der Waals surface area (Å²) in [4.78, 5) is 0. The normalized spacial score (nSPS) is 11.3. The molecule has 0 N–H and O–H groups in total. The van der Waals surface area contributed by atoms with Gasteiger partial charge in [-0.2, -0.15) is 0 Å². The minimum atomic E-state index is 1.26. The highest BCUT2D eigenvalue weighted by Gasteiger charge is 2.06. The second-order valence-electron chi connectivity index (χ2n) is 7.87. The highest BCUT2D eigenvalue weighted by molar-refractivity contribution is 5.99. The highest BCUT2D eigenvalue weighted by Crippen LogP contribution is 2.33. The van der Waals surface area contributed by atoms with Gasteiger partial charge in [0.25, 0.3) is 0 Å². The minimum Gasteiger partial charge on any atom is -0.0616 e. The second-order valence-corrected chi connectivity index (χ2v) is 7.87. The Kier molecular flexibility index (Phi) is 3.89. The molecule has 30 heavy (non-hydrogen) atoms. The molecule has 0 bridgehead atoms. The Morgan fingerprint density at radius 1 is 0.300 bits per heavy atom. The number of hydrogen-bond acceptors (Lipinski definition) is 0. The van der Waals surface area contributed by atoms with Crippen molar-refractivity contribution in [3.63, 3.8) is 0 Å². The van der Waals surface area contributed by atoms with E-state index in [1.54, 1.807) is 0 Å². The van der Waals surface area contributed by atoms with Crippen molar-refractivity contribution < 1.29 is 0 Å². The van der Waals surface area contributed by atoms with E-state index in [0.717, 1.165) is 0 Å². The van der Waals surface area contributed by atoms with E-state index in [2.05, 4.69) is 121 Å².